The summed E-state index contributed by atoms with van der Waals surface area (Å²) >= 11 is 0. The van der Waals surface area contributed by atoms with E-state index in [-0.39, 0.29) is 35.8 Å². The van der Waals surface area contributed by atoms with Crippen LogP contribution < -0.4 is 0 Å². The summed E-state index contributed by atoms with van der Waals surface area (Å²) in [5.41, 5.74) is 1.11. The van der Waals surface area contributed by atoms with Gasteiger partial charge in [-0.1, -0.05) is 60.5 Å². The van der Waals surface area contributed by atoms with Crippen molar-refractivity contribution in [2.24, 2.45) is 4.99 Å². The predicted molar refractivity (Wildman–Crippen MR) is 64.2 cm³/mol. The number of nitrogens with zero attached hydrogens (tertiary/aromatic N) is 1. The van der Waals surface area contributed by atoms with Gasteiger partial charge in [0.25, 0.3) is 0 Å². The largest absolute Gasteiger partial charge is 0.288 e. The normalized spacial score (nSPS) is 15.3. The van der Waals surface area contributed by atoms with E-state index in [4.69, 9.17) is 6.85 Å². The standard InChI is InChI=1S/C14H13N/c1-3-7-13(8-4-1)11-15-12-14-9-5-2-6-10-14/h1-11H,12H2/i1D,3D,4D,7D,8D. The third kappa shape index (κ3) is 3.06. The van der Waals surface area contributed by atoms with Crippen LogP contribution in [0, 0.1) is 0 Å². The number of hydrogen-bond donors (Lipinski definition) is 0. The minimum absolute atomic E-state index is 0.118. The van der Waals surface area contributed by atoms with Crippen LogP contribution in [0.3, 0.4) is 0 Å². The highest BCUT2D eigenvalue weighted by Gasteiger charge is 1.87. The van der Waals surface area contributed by atoms with Crippen LogP contribution in [0.15, 0.2) is 65.5 Å². The molecule has 1 nitrogen and oxygen atoms in total. The summed E-state index contributed by atoms with van der Waals surface area (Å²) in [5.74, 6) is 0. The summed E-state index contributed by atoms with van der Waals surface area (Å²) < 4.78 is 38.1. The monoisotopic (exact) mass is 200 g/mol. The maximum Gasteiger partial charge on any atom is 0.0639 e. The Hall–Kier alpha value is -1.89. The molecule has 0 spiro atoms. The highest BCUT2D eigenvalue weighted by molar-refractivity contribution is 5.79. The fraction of sp³-hybridized carbons (Fsp3) is 0.0714. The fourth-order valence-corrected chi connectivity index (χ4v) is 1.15. The Bertz CT molecular complexity index is 623. The average Bonchev–Trinajstić information content (AvgIpc) is 2.48. The molecule has 0 amide bonds. The first-order valence-corrected chi connectivity index (χ1v) is 4.63. The molecular weight excluding hydrogens is 182 g/mol. The molecule has 0 unspecified atom stereocenters. The Morgan fingerprint density at radius 1 is 1.07 bits per heavy atom. The first-order valence-electron chi connectivity index (χ1n) is 7.13. The molecule has 2 rings (SSSR count). The minimum atomic E-state index is -0.389. The van der Waals surface area contributed by atoms with Crippen molar-refractivity contribution in [2.75, 3.05) is 0 Å². The highest BCUT2D eigenvalue weighted by Crippen LogP contribution is 2.00. The van der Waals surface area contributed by atoms with E-state index in [1.165, 1.54) is 6.21 Å². The van der Waals surface area contributed by atoms with Gasteiger partial charge in [-0.25, -0.2) is 0 Å². The first kappa shape index (κ1) is 5.26. The van der Waals surface area contributed by atoms with Gasteiger partial charge in [0.15, 0.2) is 0 Å². The lowest BCUT2D eigenvalue weighted by molar-refractivity contribution is 1.08. The van der Waals surface area contributed by atoms with Crippen molar-refractivity contribution in [3.63, 3.8) is 0 Å². The zero-order valence-corrected chi connectivity index (χ0v) is 8.12. The molecule has 0 aliphatic carbocycles. The molecule has 1 heteroatoms. The van der Waals surface area contributed by atoms with Crippen LogP contribution in [-0.2, 0) is 6.54 Å². The molecule has 0 saturated carbocycles. The van der Waals surface area contributed by atoms with Crippen LogP contribution in [0.2, 0.25) is 0 Å². The molecule has 15 heavy (non-hydrogen) atoms. The average molecular weight is 200 g/mol. The van der Waals surface area contributed by atoms with E-state index < -0.39 is 0 Å². The van der Waals surface area contributed by atoms with Crippen molar-refractivity contribution in [1.82, 2.24) is 0 Å². The lowest BCUT2D eigenvalue weighted by Crippen LogP contribution is -1.83. The first-order chi connectivity index (χ1) is 9.52. The molecule has 2 aromatic rings. The lowest BCUT2D eigenvalue weighted by atomic mass is 10.2. The van der Waals surface area contributed by atoms with Crippen molar-refractivity contribution in [3.05, 3.63) is 71.7 Å². The van der Waals surface area contributed by atoms with Gasteiger partial charge in [0.05, 0.1) is 13.4 Å². The van der Waals surface area contributed by atoms with Crippen molar-refractivity contribution < 1.29 is 6.85 Å². The molecule has 0 heterocycles. The van der Waals surface area contributed by atoms with Gasteiger partial charge in [-0.2, -0.15) is 0 Å². The van der Waals surface area contributed by atoms with Crippen LogP contribution in [0.4, 0.5) is 0 Å². The third-order valence-corrected chi connectivity index (χ3v) is 1.86. The Morgan fingerprint density at radius 3 is 2.53 bits per heavy atom. The van der Waals surface area contributed by atoms with Crippen molar-refractivity contribution in [3.8, 4) is 0 Å². The van der Waals surface area contributed by atoms with Crippen LogP contribution in [0.1, 0.15) is 18.0 Å². The maximum atomic E-state index is 7.75. The lowest BCUT2D eigenvalue weighted by Gasteiger charge is -1.94. The van der Waals surface area contributed by atoms with Crippen LogP contribution in [0.5, 0.6) is 0 Å². The molecule has 0 radical (unpaired) electrons. The van der Waals surface area contributed by atoms with E-state index in [0.29, 0.717) is 6.54 Å². The van der Waals surface area contributed by atoms with E-state index in [2.05, 4.69) is 4.99 Å². The number of aliphatic imine (C=N–C) groups is 1. The second-order valence-electron chi connectivity index (χ2n) is 2.99. The van der Waals surface area contributed by atoms with Gasteiger partial charge in [0.1, 0.15) is 0 Å². The van der Waals surface area contributed by atoms with Crippen molar-refractivity contribution in [1.29, 1.82) is 0 Å². The molecule has 0 saturated heterocycles. The number of rotatable bonds is 3. The number of hydrogen-bond acceptors (Lipinski definition) is 1. The van der Waals surface area contributed by atoms with Gasteiger partial charge in [0, 0.05) is 6.21 Å². The summed E-state index contributed by atoms with van der Waals surface area (Å²) in [5, 5.41) is 0. The van der Waals surface area contributed by atoms with E-state index in [1.807, 2.05) is 30.3 Å². The number of benzene rings is 2. The smallest absolute Gasteiger partial charge is 0.0639 e. The Balaban J connectivity index is 2.30. The van der Waals surface area contributed by atoms with Gasteiger partial charge in [-0.05, 0) is 11.1 Å². The third-order valence-electron chi connectivity index (χ3n) is 1.86. The fourth-order valence-electron chi connectivity index (χ4n) is 1.15. The quantitative estimate of drug-likeness (QED) is 0.674. The van der Waals surface area contributed by atoms with E-state index in [1.54, 1.807) is 0 Å². The molecule has 0 bridgehead atoms. The molecule has 0 aliphatic heterocycles. The zero-order chi connectivity index (χ0) is 14.7. The van der Waals surface area contributed by atoms with Gasteiger partial charge in [-0.3, -0.25) is 4.99 Å². The Labute approximate surface area is 97.1 Å². The second kappa shape index (κ2) is 5.11. The van der Waals surface area contributed by atoms with E-state index >= 15 is 0 Å². The molecule has 0 aromatic heterocycles. The van der Waals surface area contributed by atoms with E-state index in [9.17, 15) is 0 Å². The summed E-state index contributed by atoms with van der Waals surface area (Å²) in [6, 6.07) is 8.01. The zero-order valence-electron chi connectivity index (χ0n) is 13.1. The molecule has 0 aliphatic rings. The molecule has 2 aromatic carbocycles. The molecule has 0 fully saturated rings. The summed E-state index contributed by atoms with van der Waals surface area (Å²) in [6.07, 6.45) is 1.34. The van der Waals surface area contributed by atoms with Gasteiger partial charge in [0.2, 0.25) is 0 Å². The maximum absolute atomic E-state index is 7.75. The van der Waals surface area contributed by atoms with Crippen LogP contribution in [0.25, 0.3) is 0 Å². The van der Waals surface area contributed by atoms with Crippen molar-refractivity contribution >= 4 is 6.21 Å². The predicted octanol–water partition coefficient (Wildman–Crippen LogP) is 3.31. The minimum Gasteiger partial charge on any atom is -0.288 e. The molecule has 74 valence electrons. The molecule has 0 N–H and O–H groups in total. The van der Waals surface area contributed by atoms with Crippen LogP contribution in [-0.4, -0.2) is 6.21 Å². The van der Waals surface area contributed by atoms with Crippen molar-refractivity contribution in [2.45, 2.75) is 6.54 Å². The summed E-state index contributed by atoms with van der Waals surface area (Å²) in [4.78, 5) is 4.15. The van der Waals surface area contributed by atoms with Gasteiger partial charge >= 0.3 is 0 Å². The Morgan fingerprint density at radius 2 is 1.80 bits per heavy atom. The molecule has 0 atom stereocenters. The summed E-state index contributed by atoms with van der Waals surface area (Å²) in [6.45, 7) is 0.406. The second-order valence-corrected chi connectivity index (χ2v) is 2.99. The van der Waals surface area contributed by atoms with Crippen LogP contribution >= 0.6 is 0 Å². The Kier molecular flexibility index (Phi) is 1.79. The highest BCUT2D eigenvalue weighted by atomic mass is 14.7. The summed E-state index contributed by atoms with van der Waals surface area (Å²) in [7, 11) is 0. The van der Waals surface area contributed by atoms with Gasteiger partial charge in [-0.15, -0.1) is 0 Å². The van der Waals surface area contributed by atoms with Gasteiger partial charge < -0.3 is 0 Å². The SMILES string of the molecule is [2H]c1c([2H])c([2H])c(C=NCc2ccccc2)c([2H])c1[2H]. The van der Waals surface area contributed by atoms with E-state index in [0.717, 1.165) is 5.56 Å². The molecular formula is C14H13N. The topological polar surface area (TPSA) is 12.4 Å².